The SMILES string of the molecule is CNC(=O)[C@H]1Nc2ccccc2[C@H]1CCC(=O)O. The fraction of sp³-hybridized carbons (Fsp3) is 0.385. The number of amides is 1. The number of carboxylic acid groups (broad SMARTS) is 1. The molecule has 2 atom stereocenters. The Hall–Kier alpha value is -2.04. The molecule has 0 spiro atoms. The number of anilines is 1. The quantitative estimate of drug-likeness (QED) is 0.747. The van der Waals surface area contributed by atoms with Crippen LogP contribution in [0.1, 0.15) is 24.3 Å². The molecule has 3 N–H and O–H groups in total. The van der Waals surface area contributed by atoms with Gasteiger partial charge in [0.25, 0.3) is 0 Å². The second-order valence-corrected chi connectivity index (χ2v) is 4.36. The Morgan fingerprint density at radius 1 is 1.39 bits per heavy atom. The molecule has 1 aromatic rings. The third kappa shape index (κ3) is 2.30. The Kier molecular flexibility index (Phi) is 3.50. The van der Waals surface area contributed by atoms with Gasteiger partial charge in [0.05, 0.1) is 0 Å². The van der Waals surface area contributed by atoms with Gasteiger partial charge in [0.1, 0.15) is 6.04 Å². The van der Waals surface area contributed by atoms with Gasteiger partial charge >= 0.3 is 5.97 Å². The number of benzene rings is 1. The van der Waals surface area contributed by atoms with Crippen LogP contribution < -0.4 is 10.6 Å². The normalized spacial score (nSPS) is 20.9. The molecule has 0 unspecified atom stereocenters. The fourth-order valence-corrected chi connectivity index (χ4v) is 2.40. The number of nitrogens with one attached hydrogen (secondary N) is 2. The third-order valence-corrected chi connectivity index (χ3v) is 3.27. The first-order valence-electron chi connectivity index (χ1n) is 5.92. The Morgan fingerprint density at radius 2 is 2.11 bits per heavy atom. The molecule has 0 bridgehead atoms. The molecule has 0 fully saturated rings. The molecule has 18 heavy (non-hydrogen) atoms. The average molecular weight is 248 g/mol. The maximum atomic E-state index is 11.8. The van der Waals surface area contributed by atoms with Crippen molar-refractivity contribution in [2.75, 3.05) is 12.4 Å². The molecule has 96 valence electrons. The van der Waals surface area contributed by atoms with E-state index in [4.69, 9.17) is 5.11 Å². The minimum Gasteiger partial charge on any atom is -0.481 e. The molecule has 1 amide bonds. The first kappa shape index (κ1) is 12.4. The minimum absolute atomic E-state index is 0.0637. The molecule has 0 saturated carbocycles. The summed E-state index contributed by atoms with van der Waals surface area (Å²) in [6.07, 6.45) is 0.519. The Labute approximate surface area is 105 Å². The van der Waals surface area contributed by atoms with E-state index in [-0.39, 0.29) is 24.3 Å². The van der Waals surface area contributed by atoms with E-state index < -0.39 is 5.97 Å². The predicted molar refractivity (Wildman–Crippen MR) is 67.5 cm³/mol. The van der Waals surface area contributed by atoms with Crippen LogP contribution in [-0.4, -0.2) is 30.1 Å². The predicted octanol–water partition coefficient (Wildman–Crippen LogP) is 1.18. The zero-order chi connectivity index (χ0) is 13.1. The molecule has 0 saturated heterocycles. The van der Waals surface area contributed by atoms with Crippen molar-refractivity contribution < 1.29 is 14.7 Å². The highest BCUT2D eigenvalue weighted by atomic mass is 16.4. The summed E-state index contributed by atoms with van der Waals surface area (Å²) >= 11 is 0. The lowest BCUT2D eigenvalue weighted by Crippen LogP contribution is -2.38. The van der Waals surface area contributed by atoms with Crippen LogP contribution in [0.4, 0.5) is 5.69 Å². The number of carboxylic acids is 1. The summed E-state index contributed by atoms with van der Waals surface area (Å²) in [6.45, 7) is 0. The second-order valence-electron chi connectivity index (χ2n) is 4.36. The fourth-order valence-electron chi connectivity index (χ4n) is 2.40. The summed E-state index contributed by atoms with van der Waals surface area (Å²) in [5, 5.41) is 14.5. The Balaban J connectivity index is 2.23. The summed E-state index contributed by atoms with van der Waals surface area (Å²) < 4.78 is 0. The van der Waals surface area contributed by atoms with E-state index in [1.807, 2.05) is 24.3 Å². The number of carbonyl (C=O) groups excluding carboxylic acids is 1. The summed E-state index contributed by atoms with van der Waals surface area (Å²) in [5.74, 6) is -1.03. The largest absolute Gasteiger partial charge is 0.481 e. The van der Waals surface area contributed by atoms with E-state index in [0.717, 1.165) is 11.3 Å². The number of aliphatic carboxylic acids is 1. The summed E-state index contributed by atoms with van der Waals surface area (Å²) in [5.41, 5.74) is 1.94. The number of hydrogen-bond donors (Lipinski definition) is 3. The van der Waals surface area contributed by atoms with Crippen LogP contribution in [-0.2, 0) is 9.59 Å². The number of carbonyl (C=O) groups is 2. The number of rotatable bonds is 4. The van der Waals surface area contributed by atoms with Crippen LogP contribution in [0.5, 0.6) is 0 Å². The van der Waals surface area contributed by atoms with Crippen molar-refractivity contribution in [2.24, 2.45) is 0 Å². The van der Waals surface area contributed by atoms with Gasteiger partial charge in [-0.05, 0) is 18.1 Å². The number of hydrogen-bond acceptors (Lipinski definition) is 3. The molecule has 5 heteroatoms. The standard InChI is InChI=1S/C13H16N2O3/c1-14-13(18)12-9(6-7-11(16)17)8-4-2-3-5-10(8)15-12/h2-5,9,12,15H,6-7H2,1H3,(H,14,18)(H,16,17)/t9-,12+/m1/s1. The lowest BCUT2D eigenvalue weighted by Gasteiger charge is -2.18. The van der Waals surface area contributed by atoms with Crippen LogP contribution in [0.2, 0.25) is 0 Å². The van der Waals surface area contributed by atoms with E-state index in [1.54, 1.807) is 7.05 Å². The van der Waals surface area contributed by atoms with E-state index in [0.29, 0.717) is 6.42 Å². The molecule has 2 rings (SSSR count). The first-order chi connectivity index (χ1) is 8.63. The van der Waals surface area contributed by atoms with Gasteiger partial charge in [0, 0.05) is 25.1 Å². The molecule has 1 aliphatic heterocycles. The summed E-state index contributed by atoms with van der Waals surface area (Å²) in [7, 11) is 1.58. The highest BCUT2D eigenvalue weighted by Crippen LogP contribution is 2.38. The average Bonchev–Trinajstić information content (AvgIpc) is 2.74. The number of fused-ring (bicyclic) bond motifs is 1. The lowest BCUT2D eigenvalue weighted by molar-refractivity contribution is -0.137. The lowest BCUT2D eigenvalue weighted by atomic mass is 9.90. The van der Waals surface area contributed by atoms with Crippen molar-refractivity contribution >= 4 is 17.6 Å². The van der Waals surface area contributed by atoms with Crippen LogP contribution >= 0.6 is 0 Å². The van der Waals surface area contributed by atoms with E-state index in [1.165, 1.54) is 0 Å². The molecule has 1 heterocycles. The van der Waals surface area contributed by atoms with Crippen LogP contribution in [0.3, 0.4) is 0 Å². The topological polar surface area (TPSA) is 78.4 Å². The second kappa shape index (κ2) is 5.08. The van der Waals surface area contributed by atoms with Crippen LogP contribution in [0.15, 0.2) is 24.3 Å². The summed E-state index contributed by atoms with van der Waals surface area (Å²) in [6, 6.07) is 7.27. The van der Waals surface area contributed by atoms with E-state index in [2.05, 4.69) is 10.6 Å². The smallest absolute Gasteiger partial charge is 0.303 e. The first-order valence-corrected chi connectivity index (χ1v) is 5.92. The number of likely N-dealkylation sites (N-methyl/N-ethyl adjacent to an activating group) is 1. The van der Waals surface area contributed by atoms with Crippen LogP contribution in [0.25, 0.3) is 0 Å². The zero-order valence-corrected chi connectivity index (χ0v) is 10.1. The van der Waals surface area contributed by atoms with Crippen molar-refractivity contribution in [1.29, 1.82) is 0 Å². The van der Waals surface area contributed by atoms with Gasteiger partial charge in [0.2, 0.25) is 5.91 Å². The van der Waals surface area contributed by atoms with Crippen molar-refractivity contribution in [2.45, 2.75) is 24.8 Å². The van der Waals surface area contributed by atoms with Crippen molar-refractivity contribution in [3.8, 4) is 0 Å². The number of para-hydroxylation sites is 1. The van der Waals surface area contributed by atoms with E-state index in [9.17, 15) is 9.59 Å². The van der Waals surface area contributed by atoms with Gasteiger partial charge in [-0.1, -0.05) is 18.2 Å². The zero-order valence-electron chi connectivity index (χ0n) is 10.1. The van der Waals surface area contributed by atoms with Crippen LogP contribution in [0, 0.1) is 0 Å². The molecule has 1 aromatic carbocycles. The molecule has 0 radical (unpaired) electrons. The van der Waals surface area contributed by atoms with Crippen molar-refractivity contribution in [1.82, 2.24) is 5.32 Å². The van der Waals surface area contributed by atoms with Crippen molar-refractivity contribution in [3.63, 3.8) is 0 Å². The molecular weight excluding hydrogens is 232 g/mol. The molecular formula is C13H16N2O3. The maximum absolute atomic E-state index is 11.8. The minimum atomic E-state index is -0.838. The van der Waals surface area contributed by atoms with Gasteiger partial charge < -0.3 is 15.7 Å². The highest BCUT2D eigenvalue weighted by Gasteiger charge is 2.36. The molecule has 0 aliphatic carbocycles. The third-order valence-electron chi connectivity index (χ3n) is 3.27. The van der Waals surface area contributed by atoms with Gasteiger partial charge in [-0.3, -0.25) is 9.59 Å². The van der Waals surface area contributed by atoms with Gasteiger partial charge in [-0.2, -0.15) is 0 Å². The molecule has 5 nitrogen and oxygen atoms in total. The van der Waals surface area contributed by atoms with Crippen molar-refractivity contribution in [3.05, 3.63) is 29.8 Å². The van der Waals surface area contributed by atoms with Gasteiger partial charge in [0.15, 0.2) is 0 Å². The Bertz CT molecular complexity index is 473. The van der Waals surface area contributed by atoms with Gasteiger partial charge in [-0.15, -0.1) is 0 Å². The molecule has 1 aliphatic rings. The maximum Gasteiger partial charge on any atom is 0.303 e. The van der Waals surface area contributed by atoms with Gasteiger partial charge in [-0.25, -0.2) is 0 Å². The highest BCUT2D eigenvalue weighted by molar-refractivity contribution is 5.88. The van der Waals surface area contributed by atoms with E-state index >= 15 is 0 Å². The molecule has 0 aromatic heterocycles. The summed E-state index contributed by atoms with van der Waals surface area (Å²) in [4.78, 5) is 22.5. The Morgan fingerprint density at radius 3 is 2.78 bits per heavy atom. The monoisotopic (exact) mass is 248 g/mol.